The molecule has 4 unspecified atom stereocenters. The molecule has 3 aliphatic heterocycles. The van der Waals surface area contributed by atoms with Crippen LogP contribution in [0.25, 0.3) is 0 Å². The number of anilines is 1. The van der Waals surface area contributed by atoms with Crippen LogP contribution >= 0.6 is 0 Å². The summed E-state index contributed by atoms with van der Waals surface area (Å²) in [7, 11) is 1.52. The molecule has 8 heteroatoms. The zero-order valence-corrected chi connectivity index (χ0v) is 15.7. The van der Waals surface area contributed by atoms with Gasteiger partial charge in [0.15, 0.2) is 0 Å². The van der Waals surface area contributed by atoms with E-state index >= 15 is 0 Å². The molecule has 0 aliphatic carbocycles. The van der Waals surface area contributed by atoms with E-state index in [9.17, 15) is 14.4 Å². The van der Waals surface area contributed by atoms with Crippen LogP contribution in [0.15, 0.2) is 36.4 Å². The first-order valence-electron chi connectivity index (χ1n) is 9.24. The number of rotatable bonds is 6. The van der Waals surface area contributed by atoms with Gasteiger partial charge in [-0.3, -0.25) is 14.4 Å². The van der Waals surface area contributed by atoms with Crippen LogP contribution in [0, 0.1) is 11.8 Å². The molecular weight excluding hydrogens is 364 g/mol. The van der Waals surface area contributed by atoms with Gasteiger partial charge >= 0.3 is 5.97 Å². The third-order valence-corrected chi connectivity index (χ3v) is 5.47. The Kier molecular flexibility index (Phi) is 4.58. The monoisotopic (exact) mass is 386 g/mol. The number of amides is 2. The van der Waals surface area contributed by atoms with Crippen molar-refractivity contribution in [1.29, 1.82) is 0 Å². The van der Waals surface area contributed by atoms with Gasteiger partial charge in [-0.25, -0.2) is 0 Å². The van der Waals surface area contributed by atoms with Crippen LogP contribution in [0.2, 0.25) is 0 Å². The molecule has 3 heterocycles. The Labute approximate surface area is 162 Å². The molecule has 2 bridgehead atoms. The average molecular weight is 386 g/mol. The molecular formula is C20H22N2O6. The number of hydrogen-bond donors (Lipinski definition) is 1. The van der Waals surface area contributed by atoms with Gasteiger partial charge in [0.25, 0.3) is 0 Å². The summed E-state index contributed by atoms with van der Waals surface area (Å²) in [5.74, 6) is -1.84. The van der Waals surface area contributed by atoms with Crippen LogP contribution in [0.4, 0.5) is 5.69 Å². The topological polar surface area (TPSA) is 94.2 Å². The number of hydrogen-bond acceptors (Lipinski definition) is 6. The Bertz CT molecular complexity index is 853. The summed E-state index contributed by atoms with van der Waals surface area (Å²) in [4.78, 5) is 39.3. The summed E-state index contributed by atoms with van der Waals surface area (Å²) < 4.78 is 16.3. The molecule has 3 aliphatic rings. The molecule has 8 nitrogen and oxygen atoms in total. The molecule has 1 N–H and O–H groups in total. The third-order valence-electron chi connectivity index (χ3n) is 5.47. The van der Waals surface area contributed by atoms with E-state index in [-0.39, 0.29) is 31.5 Å². The Morgan fingerprint density at radius 3 is 2.89 bits per heavy atom. The van der Waals surface area contributed by atoms with Gasteiger partial charge in [0.1, 0.15) is 17.9 Å². The molecule has 0 aromatic heterocycles. The number of para-hydroxylation sites is 2. The average Bonchev–Trinajstić information content (AvgIpc) is 3.31. The number of likely N-dealkylation sites (tertiary alicyclic amines) is 1. The standard InChI is InChI=1S/C20H22N2O6/c1-3-27-15(23)10-22-11-20-9-8-14(28-20)16(17(20)19(22)25)18(24)21-12-6-4-5-7-13(12)26-2/h4-9,14,16-17H,3,10-11H2,1-2H3,(H,21,24). The lowest BCUT2D eigenvalue weighted by Gasteiger charge is -2.23. The molecule has 1 aromatic carbocycles. The summed E-state index contributed by atoms with van der Waals surface area (Å²) in [6.07, 6.45) is 3.20. The van der Waals surface area contributed by atoms with Crippen LogP contribution in [-0.4, -0.2) is 61.2 Å². The van der Waals surface area contributed by atoms with Crippen molar-refractivity contribution in [1.82, 2.24) is 4.90 Å². The van der Waals surface area contributed by atoms with Gasteiger partial charge in [-0.1, -0.05) is 24.3 Å². The largest absolute Gasteiger partial charge is 0.495 e. The summed E-state index contributed by atoms with van der Waals surface area (Å²) >= 11 is 0. The van der Waals surface area contributed by atoms with Gasteiger partial charge in [-0.2, -0.15) is 0 Å². The van der Waals surface area contributed by atoms with Crippen LogP contribution < -0.4 is 10.1 Å². The lowest BCUT2D eigenvalue weighted by Crippen LogP contribution is -2.42. The van der Waals surface area contributed by atoms with Crippen molar-refractivity contribution in [3.63, 3.8) is 0 Å². The van der Waals surface area contributed by atoms with Crippen molar-refractivity contribution in [3.05, 3.63) is 36.4 Å². The fourth-order valence-electron chi connectivity index (χ4n) is 4.34. The van der Waals surface area contributed by atoms with Crippen molar-refractivity contribution in [2.45, 2.75) is 18.6 Å². The van der Waals surface area contributed by atoms with E-state index < -0.39 is 29.5 Å². The SMILES string of the molecule is CCOC(=O)CN1CC23C=CC(O2)C(C(=O)Nc2ccccc2OC)C3C1=O. The number of carbonyl (C=O) groups excluding carboxylic acids is 3. The maximum atomic E-state index is 13.0. The molecule has 1 aromatic rings. The summed E-state index contributed by atoms with van der Waals surface area (Å²) in [6, 6.07) is 7.08. The molecule has 1 spiro atoms. The molecule has 2 amide bonds. The summed E-state index contributed by atoms with van der Waals surface area (Å²) in [6.45, 7) is 2.05. The second-order valence-corrected chi connectivity index (χ2v) is 7.09. The molecule has 2 fully saturated rings. The van der Waals surface area contributed by atoms with Crippen LogP contribution in [0.5, 0.6) is 5.75 Å². The first-order chi connectivity index (χ1) is 13.5. The summed E-state index contributed by atoms with van der Waals surface area (Å²) in [5.41, 5.74) is -0.332. The number of ether oxygens (including phenoxy) is 3. The lowest BCUT2D eigenvalue weighted by atomic mass is 9.76. The number of carbonyl (C=O) groups is 3. The highest BCUT2D eigenvalue weighted by molar-refractivity contribution is 6.00. The second kappa shape index (κ2) is 6.94. The number of nitrogens with zero attached hydrogens (tertiary/aromatic N) is 1. The molecule has 148 valence electrons. The quantitative estimate of drug-likeness (QED) is 0.579. The lowest BCUT2D eigenvalue weighted by molar-refractivity contribution is -0.148. The van der Waals surface area contributed by atoms with Crippen LogP contribution in [0.3, 0.4) is 0 Å². The minimum Gasteiger partial charge on any atom is -0.495 e. The van der Waals surface area contributed by atoms with E-state index in [4.69, 9.17) is 14.2 Å². The smallest absolute Gasteiger partial charge is 0.325 e. The number of benzene rings is 1. The Balaban J connectivity index is 1.55. The molecule has 4 rings (SSSR count). The fourth-order valence-corrected chi connectivity index (χ4v) is 4.34. The number of esters is 1. The van der Waals surface area contributed by atoms with Gasteiger partial charge < -0.3 is 24.4 Å². The Morgan fingerprint density at radius 1 is 1.36 bits per heavy atom. The number of nitrogens with one attached hydrogen (secondary N) is 1. The van der Waals surface area contributed by atoms with Gasteiger partial charge in [-0.05, 0) is 19.1 Å². The highest BCUT2D eigenvalue weighted by atomic mass is 16.5. The Hall–Kier alpha value is -2.87. The predicted octanol–water partition coefficient (Wildman–Crippen LogP) is 0.979. The highest BCUT2D eigenvalue weighted by Gasteiger charge is 2.67. The first-order valence-corrected chi connectivity index (χ1v) is 9.24. The molecule has 28 heavy (non-hydrogen) atoms. The van der Waals surface area contributed by atoms with Crippen LogP contribution in [-0.2, 0) is 23.9 Å². The maximum Gasteiger partial charge on any atom is 0.325 e. The minimum absolute atomic E-state index is 0.145. The first kappa shape index (κ1) is 18.5. The van der Waals surface area contributed by atoms with Gasteiger partial charge in [0.2, 0.25) is 11.8 Å². The zero-order valence-electron chi connectivity index (χ0n) is 15.7. The normalized spacial score (nSPS) is 29.7. The summed E-state index contributed by atoms with van der Waals surface area (Å²) in [5, 5.41) is 2.85. The molecule has 0 saturated carbocycles. The van der Waals surface area contributed by atoms with E-state index in [1.54, 1.807) is 31.2 Å². The van der Waals surface area contributed by atoms with E-state index in [1.165, 1.54) is 12.0 Å². The van der Waals surface area contributed by atoms with E-state index in [0.717, 1.165) is 0 Å². The van der Waals surface area contributed by atoms with E-state index in [0.29, 0.717) is 11.4 Å². The fraction of sp³-hybridized carbons (Fsp3) is 0.450. The van der Waals surface area contributed by atoms with E-state index in [1.807, 2.05) is 12.2 Å². The van der Waals surface area contributed by atoms with Crippen molar-refractivity contribution < 1.29 is 28.6 Å². The van der Waals surface area contributed by atoms with Crippen LogP contribution in [0.1, 0.15) is 6.92 Å². The number of fused-ring (bicyclic) bond motifs is 1. The van der Waals surface area contributed by atoms with Crippen molar-refractivity contribution in [2.75, 3.05) is 32.1 Å². The Morgan fingerprint density at radius 2 is 2.14 bits per heavy atom. The molecule has 2 saturated heterocycles. The highest BCUT2D eigenvalue weighted by Crippen LogP contribution is 2.52. The zero-order chi connectivity index (χ0) is 19.9. The minimum atomic E-state index is -0.864. The third kappa shape index (κ3) is 2.84. The van der Waals surface area contributed by atoms with Gasteiger partial charge in [0, 0.05) is 0 Å². The van der Waals surface area contributed by atoms with Gasteiger partial charge in [-0.15, -0.1) is 0 Å². The van der Waals surface area contributed by atoms with Crippen molar-refractivity contribution >= 4 is 23.5 Å². The molecule has 4 atom stereocenters. The molecule has 0 radical (unpaired) electrons. The van der Waals surface area contributed by atoms with E-state index in [2.05, 4.69) is 5.32 Å². The van der Waals surface area contributed by atoms with Crippen molar-refractivity contribution in [3.8, 4) is 5.75 Å². The second-order valence-electron chi connectivity index (χ2n) is 7.09. The number of methoxy groups -OCH3 is 1. The predicted molar refractivity (Wildman–Crippen MR) is 98.6 cm³/mol. The maximum absolute atomic E-state index is 13.0. The van der Waals surface area contributed by atoms with Gasteiger partial charge in [0.05, 0.1) is 43.9 Å². The van der Waals surface area contributed by atoms with Crippen molar-refractivity contribution in [2.24, 2.45) is 11.8 Å².